The van der Waals surface area contributed by atoms with Gasteiger partial charge in [0.05, 0.1) is 0 Å². The predicted molar refractivity (Wildman–Crippen MR) is 88.2 cm³/mol. The molecule has 112 valence electrons. The van der Waals surface area contributed by atoms with Crippen molar-refractivity contribution in [3.63, 3.8) is 0 Å². The van der Waals surface area contributed by atoms with Crippen molar-refractivity contribution in [2.45, 2.75) is 64.5 Å². The quantitative estimate of drug-likeness (QED) is 0.880. The Bertz CT molecular complexity index is 398. The number of hydrogen-bond donors (Lipinski definition) is 1. The molecule has 0 amide bonds. The fourth-order valence-electron chi connectivity index (χ4n) is 3.28. The van der Waals surface area contributed by atoms with E-state index in [0.29, 0.717) is 6.04 Å². The molecule has 0 aliphatic heterocycles. The van der Waals surface area contributed by atoms with Crippen molar-refractivity contribution in [3.05, 3.63) is 29.8 Å². The third-order valence-electron chi connectivity index (χ3n) is 4.82. The van der Waals surface area contributed by atoms with Crippen molar-refractivity contribution in [1.82, 2.24) is 0 Å². The van der Waals surface area contributed by atoms with Crippen molar-refractivity contribution < 1.29 is 0 Å². The number of hydrogen-bond acceptors (Lipinski definition) is 2. The molecular weight excluding hydrogens is 244 g/mol. The molecule has 2 rings (SSSR count). The van der Waals surface area contributed by atoms with Crippen molar-refractivity contribution in [2.24, 2.45) is 11.7 Å². The Morgan fingerprint density at radius 1 is 1.25 bits per heavy atom. The minimum Gasteiger partial charge on any atom is -0.372 e. The predicted octanol–water partition coefficient (Wildman–Crippen LogP) is 3.98. The van der Waals surface area contributed by atoms with Gasteiger partial charge in [-0.25, -0.2) is 0 Å². The first-order valence-electron chi connectivity index (χ1n) is 8.17. The molecule has 2 heteroatoms. The first-order valence-corrected chi connectivity index (χ1v) is 8.17. The summed E-state index contributed by atoms with van der Waals surface area (Å²) in [4.78, 5) is 2.47. The minimum atomic E-state index is 0.290. The molecule has 1 fully saturated rings. The van der Waals surface area contributed by atoms with Crippen LogP contribution in [0, 0.1) is 5.92 Å². The lowest BCUT2D eigenvalue weighted by Crippen LogP contribution is -2.35. The molecule has 0 spiro atoms. The number of nitrogens with zero attached hydrogens (tertiary/aromatic N) is 1. The van der Waals surface area contributed by atoms with Gasteiger partial charge in [-0.1, -0.05) is 38.8 Å². The van der Waals surface area contributed by atoms with Crippen LogP contribution in [0.25, 0.3) is 0 Å². The molecule has 3 atom stereocenters. The van der Waals surface area contributed by atoms with Crippen molar-refractivity contribution in [3.8, 4) is 0 Å². The number of rotatable bonds is 5. The van der Waals surface area contributed by atoms with E-state index >= 15 is 0 Å². The maximum Gasteiger partial charge on any atom is 0.0366 e. The molecule has 2 N–H and O–H groups in total. The molecule has 0 aromatic heterocycles. The standard InChI is InChI=1S/C18H30N2/c1-4-16(19)13-15-8-10-17(11-9-15)20(3)18-7-5-6-14(2)12-18/h8-11,14,16,18H,4-7,12-13,19H2,1-3H3. The van der Waals surface area contributed by atoms with E-state index in [1.165, 1.54) is 36.9 Å². The van der Waals surface area contributed by atoms with Crippen LogP contribution in [-0.4, -0.2) is 19.1 Å². The zero-order valence-electron chi connectivity index (χ0n) is 13.3. The van der Waals surface area contributed by atoms with Gasteiger partial charge in [-0.3, -0.25) is 0 Å². The maximum atomic E-state index is 6.02. The summed E-state index contributed by atoms with van der Waals surface area (Å²) < 4.78 is 0. The Hall–Kier alpha value is -1.02. The molecular formula is C18H30N2. The van der Waals surface area contributed by atoms with Gasteiger partial charge >= 0.3 is 0 Å². The summed E-state index contributed by atoms with van der Waals surface area (Å²) in [5.41, 5.74) is 8.72. The monoisotopic (exact) mass is 274 g/mol. The molecule has 2 nitrogen and oxygen atoms in total. The smallest absolute Gasteiger partial charge is 0.0366 e. The van der Waals surface area contributed by atoms with Crippen LogP contribution in [-0.2, 0) is 6.42 Å². The first kappa shape index (κ1) is 15.4. The van der Waals surface area contributed by atoms with Gasteiger partial charge < -0.3 is 10.6 Å². The van der Waals surface area contributed by atoms with E-state index in [0.717, 1.165) is 18.8 Å². The number of benzene rings is 1. The van der Waals surface area contributed by atoms with Crippen molar-refractivity contribution >= 4 is 5.69 Å². The summed E-state index contributed by atoms with van der Waals surface area (Å²) in [6.45, 7) is 4.53. The van der Waals surface area contributed by atoms with Gasteiger partial charge in [0.25, 0.3) is 0 Å². The van der Waals surface area contributed by atoms with Crippen LogP contribution in [0.3, 0.4) is 0 Å². The fraction of sp³-hybridized carbons (Fsp3) is 0.667. The molecule has 1 aromatic rings. The zero-order chi connectivity index (χ0) is 14.5. The highest BCUT2D eigenvalue weighted by molar-refractivity contribution is 5.48. The summed E-state index contributed by atoms with van der Waals surface area (Å²) in [5.74, 6) is 0.873. The first-order chi connectivity index (χ1) is 9.60. The molecule has 0 heterocycles. The molecule has 1 aliphatic carbocycles. The van der Waals surface area contributed by atoms with Crippen LogP contribution >= 0.6 is 0 Å². The molecule has 0 bridgehead atoms. The van der Waals surface area contributed by atoms with Gasteiger partial charge in [0.1, 0.15) is 0 Å². The summed E-state index contributed by atoms with van der Waals surface area (Å²) in [7, 11) is 2.25. The Kier molecular flexibility index (Phi) is 5.47. The molecule has 0 saturated heterocycles. The van der Waals surface area contributed by atoms with Crippen LogP contribution in [0.2, 0.25) is 0 Å². The highest BCUT2D eigenvalue weighted by Gasteiger charge is 2.22. The molecule has 0 radical (unpaired) electrons. The summed E-state index contributed by atoms with van der Waals surface area (Å²) in [6.07, 6.45) is 7.47. The lowest BCUT2D eigenvalue weighted by Gasteiger charge is -2.35. The summed E-state index contributed by atoms with van der Waals surface area (Å²) in [5, 5.41) is 0. The normalized spacial score (nSPS) is 24.4. The van der Waals surface area contributed by atoms with E-state index in [2.05, 4.69) is 50.1 Å². The molecule has 20 heavy (non-hydrogen) atoms. The fourth-order valence-corrected chi connectivity index (χ4v) is 3.28. The van der Waals surface area contributed by atoms with E-state index in [9.17, 15) is 0 Å². The van der Waals surface area contributed by atoms with Gasteiger partial charge in [-0.2, -0.15) is 0 Å². The van der Waals surface area contributed by atoms with Crippen LogP contribution in [0.15, 0.2) is 24.3 Å². The van der Waals surface area contributed by atoms with E-state index in [1.807, 2.05) is 0 Å². The molecule has 3 unspecified atom stereocenters. The topological polar surface area (TPSA) is 29.3 Å². The van der Waals surface area contributed by atoms with E-state index < -0.39 is 0 Å². The van der Waals surface area contributed by atoms with Gasteiger partial charge in [0.2, 0.25) is 0 Å². The SMILES string of the molecule is CCC(N)Cc1ccc(N(C)C2CCCC(C)C2)cc1. The summed E-state index contributed by atoms with van der Waals surface area (Å²) in [6, 6.07) is 10.0. The van der Waals surface area contributed by atoms with Gasteiger partial charge in [-0.05, 0) is 49.3 Å². The van der Waals surface area contributed by atoms with Crippen LogP contribution in [0.1, 0.15) is 51.5 Å². The lowest BCUT2D eigenvalue weighted by atomic mass is 9.86. The Labute approximate surface area is 124 Å². The van der Waals surface area contributed by atoms with Crippen LogP contribution < -0.4 is 10.6 Å². The second kappa shape index (κ2) is 7.12. The average Bonchev–Trinajstić information content (AvgIpc) is 2.47. The lowest BCUT2D eigenvalue weighted by molar-refractivity contribution is 0.336. The average molecular weight is 274 g/mol. The van der Waals surface area contributed by atoms with Crippen LogP contribution in [0.4, 0.5) is 5.69 Å². The van der Waals surface area contributed by atoms with E-state index in [4.69, 9.17) is 5.73 Å². The number of nitrogens with two attached hydrogens (primary N) is 1. The molecule has 1 saturated carbocycles. The minimum absolute atomic E-state index is 0.290. The van der Waals surface area contributed by atoms with E-state index in [-0.39, 0.29) is 6.04 Å². The summed E-state index contributed by atoms with van der Waals surface area (Å²) >= 11 is 0. The third-order valence-corrected chi connectivity index (χ3v) is 4.82. The van der Waals surface area contributed by atoms with Crippen molar-refractivity contribution in [1.29, 1.82) is 0 Å². The largest absolute Gasteiger partial charge is 0.372 e. The number of anilines is 1. The van der Waals surface area contributed by atoms with Gasteiger partial charge in [0, 0.05) is 24.8 Å². The van der Waals surface area contributed by atoms with Crippen LogP contribution in [0.5, 0.6) is 0 Å². The second-order valence-electron chi connectivity index (χ2n) is 6.58. The molecule has 1 aromatic carbocycles. The highest BCUT2D eigenvalue weighted by atomic mass is 15.1. The Morgan fingerprint density at radius 2 is 1.95 bits per heavy atom. The Balaban J connectivity index is 1.98. The highest BCUT2D eigenvalue weighted by Crippen LogP contribution is 2.29. The second-order valence-corrected chi connectivity index (χ2v) is 6.58. The Morgan fingerprint density at radius 3 is 2.55 bits per heavy atom. The van der Waals surface area contributed by atoms with E-state index in [1.54, 1.807) is 0 Å². The molecule has 1 aliphatic rings. The zero-order valence-corrected chi connectivity index (χ0v) is 13.3. The van der Waals surface area contributed by atoms with Crippen molar-refractivity contribution in [2.75, 3.05) is 11.9 Å². The van der Waals surface area contributed by atoms with Gasteiger partial charge in [-0.15, -0.1) is 0 Å². The van der Waals surface area contributed by atoms with Gasteiger partial charge in [0.15, 0.2) is 0 Å². The maximum absolute atomic E-state index is 6.02. The third kappa shape index (κ3) is 3.99.